The van der Waals surface area contributed by atoms with Crippen LogP contribution in [0.2, 0.25) is 0 Å². The Kier molecular flexibility index (Phi) is 5.80. The molecule has 134 valence electrons. The third kappa shape index (κ3) is 3.65. The number of rotatable bonds is 6. The zero-order valence-electron chi connectivity index (χ0n) is 15.6. The average molecular weight is 343 g/mol. The lowest BCUT2D eigenvalue weighted by molar-refractivity contribution is 0.324. The largest absolute Gasteiger partial charge is 0.495 e. The second-order valence-electron chi connectivity index (χ2n) is 5.75. The molecule has 0 aromatic heterocycles. The molecule has 0 atom stereocenters. The van der Waals surface area contributed by atoms with Gasteiger partial charge < -0.3 is 24.7 Å². The predicted molar refractivity (Wildman–Crippen MR) is 101 cm³/mol. The molecule has 2 aromatic carbocycles. The van der Waals surface area contributed by atoms with Gasteiger partial charge >= 0.3 is 0 Å². The highest BCUT2D eigenvalue weighted by Gasteiger charge is 2.17. The van der Waals surface area contributed by atoms with Crippen molar-refractivity contribution in [1.82, 2.24) is 0 Å². The van der Waals surface area contributed by atoms with E-state index < -0.39 is 0 Å². The minimum atomic E-state index is 0.566. The Hall–Kier alpha value is -2.82. The van der Waals surface area contributed by atoms with Crippen LogP contribution in [0.5, 0.6) is 23.0 Å². The molecule has 0 fully saturated rings. The van der Waals surface area contributed by atoms with Crippen molar-refractivity contribution in [1.29, 1.82) is 0 Å². The van der Waals surface area contributed by atoms with Gasteiger partial charge in [0.2, 0.25) is 5.75 Å². The highest BCUT2D eigenvalue weighted by Crippen LogP contribution is 2.42. The molecule has 2 aromatic rings. The topological polar surface area (TPSA) is 62.9 Å². The van der Waals surface area contributed by atoms with Gasteiger partial charge in [0.15, 0.2) is 11.5 Å². The highest BCUT2D eigenvalue weighted by atomic mass is 16.5. The van der Waals surface area contributed by atoms with Crippen molar-refractivity contribution in [3.05, 3.63) is 47.0 Å². The number of allylic oxidation sites excluding steroid dienone is 1. The lowest BCUT2D eigenvalue weighted by atomic mass is 9.93. The summed E-state index contributed by atoms with van der Waals surface area (Å²) >= 11 is 0. The lowest BCUT2D eigenvalue weighted by Gasteiger charge is -2.18. The van der Waals surface area contributed by atoms with E-state index in [1.165, 1.54) is 0 Å². The first kappa shape index (κ1) is 18.5. The third-order valence-electron chi connectivity index (χ3n) is 3.97. The Labute approximate surface area is 149 Å². The van der Waals surface area contributed by atoms with Gasteiger partial charge in [-0.05, 0) is 54.8 Å². The summed E-state index contributed by atoms with van der Waals surface area (Å²) in [5, 5.41) is 0. The summed E-state index contributed by atoms with van der Waals surface area (Å²) in [7, 11) is 6.40. The average Bonchev–Trinajstić information content (AvgIpc) is 2.60. The maximum Gasteiger partial charge on any atom is 0.203 e. The summed E-state index contributed by atoms with van der Waals surface area (Å²) in [5.74, 6) is 2.44. The van der Waals surface area contributed by atoms with Crippen LogP contribution in [0.15, 0.2) is 35.9 Å². The zero-order chi connectivity index (χ0) is 18.6. The SMILES string of the molecule is COc1ccc(C(=C(C)C)c2cc(OC)c(OC)c(OC)c2)cc1N. The van der Waals surface area contributed by atoms with Crippen molar-refractivity contribution in [3.63, 3.8) is 0 Å². The van der Waals surface area contributed by atoms with Gasteiger partial charge in [-0.2, -0.15) is 0 Å². The molecule has 0 unspecified atom stereocenters. The Morgan fingerprint density at radius 1 is 0.720 bits per heavy atom. The second kappa shape index (κ2) is 7.83. The summed E-state index contributed by atoms with van der Waals surface area (Å²) in [6.07, 6.45) is 0. The molecule has 0 aliphatic heterocycles. The Bertz CT molecular complexity index is 767. The van der Waals surface area contributed by atoms with E-state index in [0.717, 1.165) is 22.3 Å². The van der Waals surface area contributed by atoms with Gasteiger partial charge in [0.1, 0.15) is 5.75 Å². The number of ether oxygens (including phenoxy) is 4. The summed E-state index contributed by atoms with van der Waals surface area (Å²) in [6.45, 7) is 4.11. The lowest BCUT2D eigenvalue weighted by Crippen LogP contribution is -1.99. The summed E-state index contributed by atoms with van der Waals surface area (Å²) < 4.78 is 21.6. The van der Waals surface area contributed by atoms with Crippen LogP contribution >= 0.6 is 0 Å². The summed E-state index contributed by atoms with van der Waals surface area (Å²) in [5.41, 5.74) is 10.8. The van der Waals surface area contributed by atoms with E-state index in [9.17, 15) is 0 Å². The molecule has 0 aliphatic rings. The van der Waals surface area contributed by atoms with Crippen LogP contribution in [0.4, 0.5) is 5.69 Å². The fraction of sp³-hybridized carbons (Fsp3) is 0.300. The molecule has 5 nitrogen and oxygen atoms in total. The maximum atomic E-state index is 6.09. The van der Waals surface area contributed by atoms with Crippen LogP contribution in [-0.2, 0) is 0 Å². The van der Waals surface area contributed by atoms with E-state index in [0.29, 0.717) is 28.7 Å². The maximum absolute atomic E-state index is 6.09. The van der Waals surface area contributed by atoms with E-state index >= 15 is 0 Å². The van der Waals surface area contributed by atoms with Crippen molar-refractivity contribution in [2.24, 2.45) is 0 Å². The first-order valence-electron chi connectivity index (χ1n) is 7.88. The quantitative estimate of drug-likeness (QED) is 0.799. The number of anilines is 1. The van der Waals surface area contributed by atoms with Crippen molar-refractivity contribution < 1.29 is 18.9 Å². The van der Waals surface area contributed by atoms with Gasteiger partial charge in [0, 0.05) is 0 Å². The molecule has 0 aliphatic carbocycles. The molecule has 0 bridgehead atoms. The number of nitrogen functional groups attached to an aromatic ring is 1. The number of hydrogen-bond donors (Lipinski definition) is 1. The summed E-state index contributed by atoms with van der Waals surface area (Å²) in [6, 6.07) is 9.63. The Balaban J connectivity index is 2.67. The molecular weight excluding hydrogens is 318 g/mol. The van der Waals surface area contributed by atoms with Crippen LogP contribution < -0.4 is 24.7 Å². The number of nitrogens with two attached hydrogens (primary N) is 1. The first-order chi connectivity index (χ1) is 12.0. The molecular formula is C20H25NO4. The van der Waals surface area contributed by atoms with Gasteiger partial charge in [-0.3, -0.25) is 0 Å². The Morgan fingerprint density at radius 3 is 1.68 bits per heavy atom. The Morgan fingerprint density at radius 2 is 1.28 bits per heavy atom. The summed E-state index contributed by atoms with van der Waals surface area (Å²) in [4.78, 5) is 0. The van der Waals surface area contributed by atoms with Crippen molar-refractivity contribution in [2.45, 2.75) is 13.8 Å². The predicted octanol–water partition coefficient (Wildman–Crippen LogP) is 4.14. The monoisotopic (exact) mass is 343 g/mol. The molecule has 25 heavy (non-hydrogen) atoms. The molecule has 0 amide bonds. The normalized spacial score (nSPS) is 10.2. The van der Waals surface area contributed by atoms with Crippen LogP contribution in [0.3, 0.4) is 0 Å². The van der Waals surface area contributed by atoms with E-state index in [2.05, 4.69) is 13.8 Å². The van der Waals surface area contributed by atoms with Gasteiger partial charge in [-0.1, -0.05) is 11.6 Å². The third-order valence-corrected chi connectivity index (χ3v) is 3.97. The van der Waals surface area contributed by atoms with Gasteiger partial charge in [-0.25, -0.2) is 0 Å². The molecule has 0 spiro atoms. The minimum absolute atomic E-state index is 0.566. The fourth-order valence-corrected chi connectivity index (χ4v) is 2.86. The molecule has 0 radical (unpaired) electrons. The van der Waals surface area contributed by atoms with Crippen molar-refractivity contribution in [3.8, 4) is 23.0 Å². The van der Waals surface area contributed by atoms with Crippen LogP contribution in [-0.4, -0.2) is 28.4 Å². The van der Waals surface area contributed by atoms with E-state index in [1.807, 2.05) is 30.3 Å². The first-order valence-corrected chi connectivity index (χ1v) is 7.88. The van der Waals surface area contributed by atoms with Crippen LogP contribution in [0, 0.1) is 0 Å². The van der Waals surface area contributed by atoms with Gasteiger partial charge in [0.05, 0.1) is 34.1 Å². The van der Waals surface area contributed by atoms with Crippen LogP contribution in [0.1, 0.15) is 25.0 Å². The standard InChI is InChI=1S/C20H25NO4/c1-12(2)19(13-7-8-16(22-3)15(21)9-13)14-10-17(23-4)20(25-6)18(11-14)24-5/h7-11H,21H2,1-6H3. The minimum Gasteiger partial charge on any atom is -0.495 e. The van der Waals surface area contributed by atoms with E-state index in [-0.39, 0.29) is 0 Å². The molecule has 0 saturated carbocycles. The molecule has 2 rings (SSSR count). The number of methoxy groups -OCH3 is 4. The second-order valence-corrected chi connectivity index (χ2v) is 5.75. The zero-order valence-corrected chi connectivity index (χ0v) is 15.6. The molecule has 5 heteroatoms. The van der Waals surface area contributed by atoms with E-state index in [4.69, 9.17) is 24.7 Å². The fourth-order valence-electron chi connectivity index (χ4n) is 2.86. The number of hydrogen-bond acceptors (Lipinski definition) is 5. The molecule has 0 saturated heterocycles. The van der Waals surface area contributed by atoms with Crippen molar-refractivity contribution in [2.75, 3.05) is 34.2 Å². The number of benzene rings is 2. The van der Waals surface area contributed by atoms with E-state index in [1.54, 1.807) is 28.4 Å². The highest BCUT2D eigenvalue weighted by molar-refractivity contribution is 5.85. The molecule has 0 heterocycles. The van der Waals surface area contributed by atoms with Crippen molar-refractivity contribution >= 4 is 11.3 Å². The van der Waals surface area contributed by atoms with Crippen LogP contribution in [0.25, 0.3) is 5.57 Å². The molecule has 2 N–H and O–H groups in total. The smallest absolute Gasteiger partial charge is 0.203 e. The van der Waals surface area contributed by atoms with Gasteiger partial charge in [-0.15, -0.1) is 0 Å². The van der Waals surface area contributed by atoms with Gasteiger partial charge in [0.25, 0.3) is 0 Å².